The molecule has 0 saturated carbocycles. The molecule has 0 spiro atoms. The highest BCUT2D eigenvalue weighted by Gasteiger charge is 2.08. The van der Waals surface area contributed by atoms with Crippen molar-refractivity contribution < 1.29 is 0 Å². The van der Waals surface area contributed by atoms with Gasteiger partial charge in [-0.3, -0.25) is 0 Å². The highest BCUT2D eigenvalue weighted by Crippen LogP contribution is 2.24. The molecule has 0 heterocycles. The van der Waals surface area contributed by atoms with Crippen molar-refractivity contribution in [1.82, 2.24) is 0 Å². The summed E-state index contributed by atoms with van der Waals surface area (Å²) < 4.78 is 0. The molecule has 0 rings (SSSR count). The molecule has 0 aliphatic rings. The molecule has 0 aliphatic carbocycles. The SMILES string of the molecule is CCCCCCC(CCCCCC)CCCC(C)C. The highest BCUT2D eigenvalue weighted by atomic mass is 14.1. The second kappa shape index (κ2) is 14.4. The summed E-state index contributed by atoms with van der Waals surface area (Å²) in [5.74, 6) is 1.92. The van der Waals surface area contributed by atoms with Crippen molar-refractivity contribution in [3.63, 3.8) is 0 Å². The van der Waals surface area contributed by atoms with Gasteiger partial charge in [0.05, 0.1) is 0 Å². The van der Waals surface area contributed by atoms with Gasteiger partial charge in [0.25, 0.3) is 0 Å². The van der Waals surface area contributed by atoms with Crippen LogP contribution in [0.3, 0.4) is 0 Å². The van der Waals surface area contributed by atoms with E-state index in [-0.39, 0.29) is 0 Å². The first-order valence-corrected chi connectivity index (χ1v) is 9.20. The van der Waals surface area contributed by atoms with Crippen molar-refractivity contribution >= 4 is 0 Å². The zero-order valence-electron chi connectivity index (χ0n) is 14.3. The largest absolute Gasteiger partial charge is 0.0654 e. The summed E-state index contributed by atoms with van der Waals surface area (Å²) in [6.07, 6.45) is 18.9. The van der Waals surface area contributed by atoms with Crippen LogP contribution in [0.4, 0.5) is 0 Å². The van der Waals surface area contributed by atoms with Crippen LogP contribution >= 0.6 is 0 Å². The number of hydrogen-bond donors (Lipinski definition) is 0. The van der Waals surface area contributed by atoms with Crippen LogP contribution in [0, 0.1) is 11.8 Å². The molecule has 0 aromatic heterocycles. The lowest BCUT2D eigenvalue weighted by molar-refractivity contribution is 0.360. The predicted molar refractivity (Wildman–Crippen MR) is 89.7 cm³/mol. The van der Waals surface area contributed by atoms with Gasteiger partial charge in [0.2, 0.25) is 0 Å². The van der Waals surface area contributed by atoms with E-state index in [1.54, 1.807) is 0 Å². The molecule has 0 radical (unpaired) electrons. The normalized spacial score (nSPS) is 11.7. The number of hydrogen-bond acceptors (Lipinski definition) is 0. The molecule has 19 heavy (non-hydrogen) atoms. The van der Waals surface area contributed by atoms with Crippen molar-refractivity contribution in [2.24, 2.45) is 11.8 Å². The average molecular weight is 269 g/mol. The summed E-state index contributed by atoms with van der Waals surface area (Å²) in [5, 5.41) is 0. The standard InChI is InChI=1S/C19H40/c1-5-7-9-11-15-19(16-12-10-8-6-2)17-13-14-18(3)4/h18-19H,5-17H2,1-4H3. The Morgan fingerprint density at radius 1 is 0.526 bits per heavy atom. The lowest BCUT2D eigenvalue weighted by atomic mass is 9.89. The van der Waals surface area contributed by atoms with Crippen molar-refractivity contribution in [3.05, 3.63) is 0 Å². The Bertz CT molecular complexity index is 147. The lowest BCUT2D eigenvalue weighted by Gasteiger charge is -2.17. The number of rotatable bonds is 14. The third kappa shape index (κ3) is 14.2. The van der Waals surface area contributed by atoms with E-state index in [1.807, 2.05) is 0 Å². The summed E-state index contributed by atoms with van der Waals surface area (Å²) in [4.78, 5) is 0. The Morgan fingerprint density at radius 3 is 1.42 bits per heavy atom. The van der Waals surface area contributed by atoms with Gasteiger partial charge in [0, 0.05) is 0 Å². The lowest BCUT2D eigenvalue weighted by Crippen LogP contribution is -2.02. The van der Waals surface area contributed by atoms with Gasteiger partial charge in [0.15, 0.2) is 0 Å². The van der Waals surface area contributed by atoms with Crippen LogP contribution < -0.4 is 0 Å². The Morgan fingerprint density at radius 2 is 1.00 bits per heavy atom. The summed E-state index contributed by atoms with van der Waals surface area (Å²) in [6.45, 7) is 9.34. The van der Waals surface area contributed by atoms with E-state index in [0.29, 0.717) is 0 Å². The second-order valence-corrected chi connectivity index (χ2v) is 6.89. The van der Waals surface area contributed by atoms with Crippen LogP contribution in [0.15, 0.2) is 0 Å². The molecule has 0 aromatic rings. The number of unbranched alkanes of at least 4 members (excludes halogenated alkanes) is 6. The predicted octanol–water partition coefficient (Wildman–Crippen LogP) is 7.37. The van der Waals surface area contributed by atoms with Crippen molar-refractivity contribution in [2.75, 3.05) is 0 Å². The van der Waals surface area contributed by atoms with E-state index in [0.717, 1.165) is 11.8 Å². The molecule has 116 valence electrons. The molecular formula is C19H40. The topological polar surface area (TPSA) is 0 Å². The third-order valence-electron chi connectivity index (χ3n) is 4.33. The molecule has 0 fully saturated rings. The van der Waals surface area contributed by atoms with Gasteiger partial charge in [-0.05, 0) is 11.8 Å². The highest BCUT2D eigenvalue weighted by molar-refractivity contribution is 4.62. The van der Waals surface area contributed by atoms with Crippen LogP contribution in [0.1, 0.15) is 111 Å². The van der Waals surface area contributed by atoms with Crippen LogP contribution in [0.25, 0.3) is 0 Å². The smallest absolute Gasteiger partial charge is 0.0414 e. The molecule has 0 aliphatic heterocycles. The first-order valence-electron chi connectivity index (χ1n) is 9.20. The first kappa shape index (κ1) is 19.0. The molecule has 0 aromatic carbocycles. The zero-order chi connectivity index (χ0) is 14.3. The minimum Gasteiger partial charge on any atom is -0.0654 e. The minimum absolute atomic E-state index is 0.890. The van der Waals surface area contributed by atoms with Crippen molar-refractivity contribution in [2.45, 2.75) is 111 Å². The van der Waals surface area contributed by atoms with Gasteiger partial charge in [-0.1, -0.05) is 111 Å². The Kier molecular flexibility index (Phi) is 14.4. The van der Waals surface area contributed by atoms with E-state index < -0.39 is 0 Å². The first-order chi connectivity index (χ1) is 9.20. The van der Waals surface area contributed by atoms with Crippen molar-refractivity contribution in [1.29, 1.82) is 0 Å². The monoisotopic (exact) mass is 268 g/mol. The Hall–Kier alpha value is 0. The molecule has 0 amide bonds. The molecule has 0 bridgehead atoms. The van der Waals surface area contributed by atoms with E-state index in [2.05, 4.69) is 27.7 Å². The van der Waals surface area contributed by atoms with Gasteiger partial charge in [-0.2, -0.15) is 0 Å². The average Bonchev–Trinajstić information content (AvgIpc) is 2.38. The van der Waals surface area contributed by atoms with Crippen LogP contribution in [0.2, 0.25) is 0 Å². The molecule has 0 heteroatoms. The van der Waals surface area contributed by atoms with Crippen LogP contribution in [-0.2, 0) is 0 Å². The fourth-order valence-electron chi connectivity index (χ4n) is 2.97. The summed E-state index contributed by atoms with van der Waals surface area (Å²) in [7, 11) is 0. The van der Waals surface area contributed by atoms with Crippen LogP contribution in [0.5, 0.6) is 0 Å². The van der Waals surface area contributed by atoms with Gasteiger partial charge in [0.1, 0.15) is 0 Å². The van der Waals surface area contributed by atoms with Gasteiger partial charge in [-0.15, -0.1) is 0 Å². The minimum atomic E-state index is 0.890. The molecular weight excluding hydrogens is 228 g/mol. The fraction of sp³-hybridized carbons (Fsp3) is 1.00. The van der Waals surface area contributed by atoms with Crippen molar-refractivity contribution in [3.8, 4) is 0 Å². The van der Waals surface area contributed by atoms with E-state index in [4.69, 9.17) is 0 Å². The Labute approximate surface area is 123 Å². The summed E-state index contributed by atoms with van der Waals surface area (Å²) in [5.41, 5.74) is 0. The molecule has 0 unspecified atom stereocenters. The van der Waals surface area contributed by atoms with E-state index in [1.165, 1.54) is 83.5 Å². The van der Waals surface area contributed by atoms with Gasteiger partial charge in [-0.25, -0.2) is 0 Å². The molecule has 0 saturated heterocycles. The van der Waals surface area contributed by atoms with Crippen LogP contribution in [-0.4, -0.2) is 0 Å². The maximum absolute atomic E-state index is 2.36. The maximum atomic E-state index is 2.36. The molecule has 0 atom stereocenters. The zero-order valence-corrected chi connectivity index (χ0v) is 14.3. The third-order valence-corrected chi connectivity index (χ3v) is 4.33. The van der Waals surface area contributed by atoms with E-state index in [9.17, 15) is 0 Å². The van der Waals surface area contributed by atoms with Gasteiger partial charge < -0.3 is 0 Å². The fourth-order valence-corrected chi connectivity index (χ4v) is 2.97. The molecule has 0 N–H and O–H groups in total. The van der Waals surface area contributed by atoms with Gasteiger partial charge >= 0.3 is 0 Å². The molecule has 0 nitrogen and oxygen atoms in total. The summed E-state index contributed by atoms with van der Waals surface area (Å²) >= 11 is 0. The quantitative estimate of drug-likeness (QED) is 0.288. The Balaban J connectivity index is 3.72. The summed E-state index contributed by atoms with van der Waals surface area (Å²) in [6, 6.07) is 0. The van der Waals surface area contributed by atoms with E-state index >= 15 is 0 Å². The second-order valence-electron chi connectivity index (χ2n) is 6.89. The maximum Gasteiger partial charge on any atom is -0.0414 e.